The fraction of sp³-hybridized carbons (Fsp3) is 0.520. The van der Waals surface area contributed by atoms with Gasteiger partial charge in [-0.3, -0.25) is 9.69 Å². The largest absolute Gasteiger partial charge is 0.376 e. The standard InChI is InChI=1S/C25H31F2N3O2/c1-24(2)13-15(8-10-32-24)14-30-9-7-18-19(17-6-5-16(26)11-20(17)27)12-21(23(28)31)29-22(18)25(30,3)4/h5-6,11-12,15H,7-10,13-14H2,1-4H3,(H2,28,31). The minimum absolute atomic E-state index is 0.0876. The number of nitrogens with two attached hydrogens (primary N) is 1. The molecule has 0 spiro atoms. The molecule has 0 bridgehead atoms. The van der Waals surface area contributed by atoms with Gasteiger partial charge in [0.1, 0.15) is 17.3 Å². The first-order valence-electron chi connectivity index (χ1n) is 11.2. The molecule has 5 nitrogen and oxygen atoms in total. The molecule has 172 valence electrons. The summed E-state index contributed by atoms with van der Waals surface area (Å²) in [7, 11) is 0. The van der Waals surface area contributed by atoms with Crippen LogP contribution >= 0.6 is 0 Å². The van der Waals surface area contributed by atoms with Crippen molar-refractivity contribution in [3.63, 3.8) is 0 Å². The molecule has 2 N–H and O–H groups in total. The van der Waals surface area contributed by atoms with Crippen LogP contribution in [0.1, 0.15) is 62.3 Å². The predicted molar refractivity (Wildman–Crippen MR) is 119 cm³/mol. The number of halogens is 2. The van der Waals surface area contributed by atoms with Gasteiger partial charge in [0.25, 0.3) is 5.91 Å². The lowest BCUT2D eigenvalue weighted by Crippen LogP contribution is -2.51. The van der Waals surface area contributed by atoms with Crippen molar-refractivity contribution in [1.82, 2.24) is 9.88 Å². The van der Waals surface area contributed by atoms with E-state index in [9.17, 15) is 13.6 Å². The van der Waals surface area contributed by atoms with E-state index >= 15 is 0 Å². The van der Waals surface area contributed by atoms with Gasteiger partial charge in [-0.2, -0.15) is 0 Å². The van der Waals surface area contributed by atoms with Gasteiger partial charge < -0.3 is 10.5 Å². The number of nitrogens with zero attached hydrogens (tertiary/aromatic N) is 2. The first kappa shape index (κ1) is 22.8. The second-order valence-corrected chi connectivity index (χ2v) is 10.1. The lowest BCUT2D eigenvalue weighted by atomic mass is 9.81. The number of carbonyl (C=O) groups is 1. The van der Waals surface area contributed by atoms with E-state index in [2.05, 4.69) is 37.6 Å². The second-order valence-electron chi connectivity index (χ2n) is 10.1. The van der Waals surface area contributed by atoms with E-state index in [-0.39, 0.29) is 16.9 Å². The van der Waals surface area contributed by atoms with Crippen molar-refractivity contribution in [3.8, 4) is 11.1 Å². The van der Waals surface area contributed by atoms with Crippen molar-refractivity contribution in [2.45, 2.75) is 58.1 Å². The average molecular weight is 444 g/mol. The number of hydrogen-bond donors (Lipinski definition) is 1. The van der Waals surface area contributed by atoms with Crippen molar-refractivity contribution in [3.05, 3.63) is 52.9 Å². The first-order valence-corrected chi connectivity index (χ1v) is 11.2. The maximum atomic E-state index is 14.7. The van der Waals surface area contributed by atoms with Crippen LogP contribution in [0, 0.1) is 17.6 Å². The lowest BCUT2D eigenvalue weighted by molar-refractivity contribution is -0.0820. The average Bonchev–Trinajstić information content (AvgIpc) is 2.69. The molecule has 2 aliphatic rings. The number of ether oxygens (including phenoxy) is 1. The van der Waals surface area contributed by atoms with Gasteiger partial charge in [-0.15, -0.1) is 0 Å². The first-order chi connectivity index (χ1) is 15.0. The number of hydrogen-bond acceptors (Lipinski definition) is 4. The summed E-state index contributed by atoms with van der Waals surface area (Å²) >= 11 is 0. The van der Waals surface area contributed by atoms with Gasteiger partial charge in [-0.1, -0.05) is 0 Å². The van der Waals surface area contributed by atoms with Crippen LogP contribution in [0.25, 0.3) is 11.1 Å². The van der Waals surface area contributed by atoms with Crippen LogP contribution in [0.15, 0.2) is 24.3 Å². The molecule has 1 unspecified atom stereocenters. The zero-order valence-corrected chi connectivity index (χ0v) is 19.2. The molecule has 3 heterocycles. The van der Waals surface area contributed by atoms with Crippen molar-refractivity contribution >= 4 is 5.91 Å². The smallest absolute Gasteiger partial charge is 0.267 e. The van der Waals surface area contributed by atoms with Gasteiger partial charge in [0.05, 0.1) is 16.8 Å². The van der Waals surface area contributed by atoms with Crippen LogP contribution in [-0.2, 0) is 16.7 Å². The molecule has 2 aliphatic heterocycles. The van der Waals surface area contributed by atoms with Crippen molar-refractivity contribution in [2.24, 2.45) is 11.7 Å². The molecule has 0 aliphatic carbocycles. The van der Waals surface area contributed by atoms with E-state index in [1.165, 1.54) is 18.2 Å². The topological polar surface area (TPSA) is 68.5 Å². The Morgan fingerprint density at radius 3 is 2.62 bits per heavy atom. The highest BCUT2D eigenvalue weighted by atomic mass is 19.1. The SMILES string of the molecule is CC1(C)CC(CN2CCc3c(-c4ccc(F)cc4F)cc(C(N)=O)nc3C2(C)C)CCO1. The number of aromatic nitrogens is 1. The Bertz CT molecular complexity index is 1050. The lowest BCUT2D eigenvalue weighted by Gasteiger charge is -2.46. The monoisotopic (exact) mass is 443 g/mol. The third-order valence-electron chi connectivity index (χ3n) is 6.88. The van der Waals surface area contributed by atoms with Gasteiger partial charge in [0.15, 0.2) is 0 Å². The molecule has 1 saturated heterocycles. The van der Waals surface area contributed by atoms with Gasteiger partial charge in [-0.05, 0) is 82.2 Å². The van der Waals surface area contributed by atoms with Crippen molar-refractivity contribution in [1.29, 1.82) is 0 Å². The van der Waals surface area contributed by atoms with Gasteiger partial charge >= 0.3 is 0 Å². The molecular formula is C25H31F2N3O2. The van der Waals surface area contributed by atoms with Crippen molar-refractivity contribution < 1.29 is 18.3 Å². The summed E-state index contributed by atoms with van der Waals surface area (Å²) in [5.74, 6) is -1.49. The Morgan fingerprint density at radius 2 is 1.97 bits per heavy atom. The fourth-order valence-electron chi connectivity index (χ4n) is 5.23. The Kier molecular flexibility index (Phi) is 5.84. The molecule has 32 heavy (non-hydrogen) atoms. The molecule has 1 fully saturated rings. The Balaban J connectivity index is 1.75. The van der Waals surface area contributed by atoms with E-state index in [1.807, 2.05) is 0 Å². The summed E-state index contributed by atoms with van der Waals surface area (Å²) in [5.41, 5.74) is 7.47. The zero-order chi connectivity index (χ0) is 23.3. The highest BCUT2D eigenvalue weighted by Gasteiger charge is 2.40. The van der Waals surface area contributed by atoms with Crippen LogP contribution in [0.2, 0.25) is 0 Å². The molecule has 0 saturated carbocycles. The molecule has 0 radical (unpaired) electrons. The number of rotatable bonds is 4. The van der Waals surface area contributed by atoms with E-state index in [1.54, 1.807) is 0 Å². The minimum atomic E-state index is -0.671. The second kappa shape index (κ2) is 8.19. The molecule has 7 heteroatoms. The van der Waals surface area contributed by atoms with Crippen LogP contribution in [0.4, 0.5) is 8.78 Å². The Labute approximate surface area is 188 Å². The van der Waals surface area contributed by atoms with E-state index < -0.39 is 23.1 Å². The molecule has 2 aromatic rings. The summed E-state index contributed by atoms with van der Waals surface area (Å²) in [6.07, 6.45) is 2.64. The number of primary amides is 1. The molecule has 1 amide bonds. The summed E-state index contributed by atoms with van der Waals surface area (Å²) in [6, 6.07) is 5.03. The molecule has 4 rings (SSSR count). The Morgan fingerprint density at radius 1 is 1.22 bits per heavy atom. The predicted octanol–water partition coefficient (Wildman–Crippen LogP) is 4.42. The summed E-state index contributed by atoms with van der Waals surface area (Å²) in [6.45, 7) is 10.8. The number of amides is 1. The van der Waals surface area contributed by atoms with E-state index in [0.717, 1.165) is 49.9 Å². The van der Waals surface area contributed by atoms with Crippen LogP contribution < -0.4 is 5.73 Å². The summed E-state index contributed by atoms with van der Waals surface area (Å²) < 4.78 is 34.1. The van der Waals surface area contributed by atoms with Gasteiger partial charge in [-0.25, -0.2) is 13.8 Å². The molecule has 1 aromatic heterocycles. The maximum absolute atomic E-state index is 14.7. The van der Waals surface area contributed by atoms with Crippen molar-refractivity contribution in [2.75, 3.05) is 19.7 Å². The molecule has 1 atom stereocenters. The normalized spacial score (nSPS) is 22.4. The van der Waals surface area contributed by atoms with Crippen LogP contribution in [0.5, 0.6) is 0 Å². The quantitative estimate of drug-likeness (QED) is 0.759. The number of carbonyl (C=O) groups excluding carboxylic acids is 1. The minimum Gasteiger partial charge on any atom is -0.376 e. The molecule has 1 aromatic carbocycles. The zero-order valence-electron chi connectivity index (χ0n) is 19.2. The van der Waals surface area contributed by atoms with E-state index in [0.29, 0.717) is 17.9 Å². The van der Waals surface area contributed by atoms with Crippen LogP contribution in [-0.4, -0.2) is 41.1 Å². The highest BCUT2D eigenvalue weighted by Crippen LogP contribution is 2.41. The third-order valence-corrected chi connectivity index (χ3v) is 6.88. The van der Waals surface area contributed by atoms with Gasteiger partial charge in [0.2, 0.25) is 0 Å². The number of fused-ring (bicyclic) bond motifs is 1. The fourth-order valence-corrected chi connectivity index (χ4v) is 5.23. The third kappa shape index (κ3) is 4.28. The van der Waals surface area contributed by atoms with Crippen LogP contribution in [0.3, 0.4) is 0 Å². The Hall–Kier alpha value is -2.38. The maximum Gasteiger partial charge on any atom is 0.267 e. The van der Waals surface area contributed by atoms with Gasteiger partial charge in [0, 0.05) is 31.3 Å². The number of pyridine rings is 1. The number of benzene rings is 1. The highest BCUT2D eigenvalue weighted by molar-refractivity contribution is 5.92. The van der Waals surface area contributed by atoms with E-state index in [4.69, 9.17) is 10.5 Å². The molecular weight excluding hydrogens is 412 g/mol. The summed E-state index contributed by atoms with van der Waals surface area (Å²) in [4.78, 5) is 19.1. The summed E-state index contributed by atoms with van der Waals surface area (Å²) in [5, 5.41) is 0.